The Morgan fingerprint density at radius 3 is 2.38 bits per heavy atom. The van der Waals surface area contributed by atoms with Gasteiger partial charge in [-0.3, -0.25) is 9.69 Å². The highest BCUT2D eigenvalue weighted by atomic mass is 16.5. The molecule has 4 heterocycles. The number of aromatic nitrogens is 3. The second-order valence-corrected chi connectivity index (χ2v) is 10.0. The van der Waals surface area contributed by atoms with E-state index in [2.05, 4.69) is 14.8 Å². The maximum Gasteiger partial charge on any atom is 0.354 e. The van der Waals surface area contributed by atoms with E-state index in [1.807, 2.05) is 35.2 Å². The van der Waals surface area contributed by atoms with E-state index in [1.165, 1.54) is 6.42 Å². The van der Waals surface area contributed by atoms with E-state index in [9.17, 15) is 14.7 Å². The first-order chi connectivity index (χ1) is 18.1. The van der Waals surface area contributed by atoms with Gasteiger partial charge in [0.25, 0.3) is 0 Å². The molecule has 2 aliphatic heterocycles. The number of pyridine rings is 1. The fraction of sp³-hybridized carbons (Fsp3) is 0.481. The Morgan fingerprint density at radius 2 is 1.73 bits per heavy atom. The van der Waals surface area contributed by atoms with Crippen molar-refractivity contribution >= 4 is 28.6 Å². The monoisotopic (exact) mass is 504 g/mol. The molecule has 1 N–H and O–H groups in total. The lowest BCUT2D eigenvalue weighted by Crippen LogP contribution is -2.51. The highest BCUT2D eigenvalue weighted by Gasteiger charge is 2.31. The Balaban J connectivity index is 1.32. The minimum Gasteiger partial charge on any atom is -0.477 e. The van der Waals surface area contributed by atoms with Crippen molar-refractivity contribution in [3.8, 4) is 5.69 Å². The van der Waals surface area contributed by atoms with Crippen LogP contribution in [0.15, 0.2) is 36.4 Å². The molecular weight excluding hydrogens is 472 g/mol. The van der Waals surface area contributed by atoms with Crippen LogP contribution in [-0.4, -0.2) is 101 Å². The summed E-state index contributed by atoms with van der Waals surface area (Å²) >= 11 is 0. The Hall–Kier alpha value is -3.50. The molecule has 1 aliphatic carbocycles. The van der Waals surface area contributed by atoms with Gasteiger partial charge in [0.2, 0.25) is 5.91 Å². The van der Waals surface area contributed by atoms with Crippen LogP contribution in [0.1, 0.15) is 41.4 Å². The third-order valence-corrected chi connectivity index (χ3v) is 7.79. The van der Waals surface area contributed by atoms with Gasteiger partial charge < -0.3 is 19.6 Å². The lowest BCUT2D eigenvalue weighted by molar-refractivity contribution is -0.136. The largest absolute Gasteiger partial charge is 0.477 e. The van der Waals surface area contributed by atoms with Crippen LogP contribution < -0.4 is 4.90 Å². The number of amides is 1. The zero-order chi connectivity index (χ0) is 25.4. The number of hydrogen-bond donors (Lipinski definition) is 1. The molecule has 0 bridgehead atoms. The van der Waals surface area contributed by atoms with E-state index in [-0.39, 0.29) is 11.6 Å². The maximum absolute atomic E-state index is 12.7. The zero-order valence-electron chi connectivity index (χ0n) is 20.9. The number of nitrogens with zero attached hydrogens (tertiary/aromatic N) is 6. The minimum atomic E-state index is -1.05. The number of carboxylic acid groups (broad SMARTS) is 1. The van der Waals surface area contributed by atoms with Crippen molar-refractivity contribution in [2.45, 2.75) is 25.2 Å². The van der Waals surface area contributed by atoms with Crippen LogP contribution in [0, 0.1) is 0 Å². The number of ether oxygens (including phenoxy) is 1. The van der Waals surface area contributed by atoms with Crippen LogP contribution in [0.4, 0.5) is 5.69 Å². The van der Waals surface area contributed by atoms with Crippen molar-refractivity contribution in [3.63, 3.8) is 0 Å². The van der Waals surface area contributed by atoms with Gasteiger partial charge in [-0.05, 0) is 31.0 Å². The van der Waals surface area contributed by atoms with E-state index in [0.717, 1.165) is 48.4 Å². The summed E-state index contributed by atoms with van der Waals surface area (Å²) in [6, 6.07) is 11.5. The lowest BCUT2D eigenvalue weighted by atomic mass is 9.82. The number of aromatic carboxylic acids is 1. The SMILES string of the molecule is O=C(O)c1cc(N2CCN(CC(=O)N3CCOCC3)CC2)c2c(C3CCC3)nn(-c3ccccc3)c2n1. The van der Waals surface area contributed by atoms with E-state index >= 15 is 0 Å². The van der Waals surface area contributed by atoms with Crippen LogP contribution in [-0.2, 0) is 9.53 Å². The number of hydrogen-bond acceptors (Lipinski definition) is 7. The van der Waals surface area contributed by atoms with Gasteiger partial charge in [0.15, 0.2) is 11.3 Å². The highest BCUT2D eigenvalue weighted by molar-refractivity contribution is 5.98. The molecule has 6 rings (SSSR count). The summed E-state index contributed by atoms with van der Waals surface area (Å²) in [4.78, 5) is 35.7. The van der Waals surface area contributed by atoms with Crippen molar-refractivity contribution in [1.29, 1.82) is 0 Å². The molecule has 1 saturated carbocycles. The summed E-state index contributed by atoms with van der Waals surface area (Å²) in [6.07, 6.45) is 3.34. The molecule has 10 heteroatoms. The zero-order valence-corrected chi connectivity index (χ0v) is 20.9. The maximum atomic E-state index is 12.7. The summed E-state index contributed by atoms with van der Waals surface area (Å²) in [5.41, 5.74) is 3.36. The number of piperazine rings is 1. The average molecular weight is 505 g/mol. The van der Waals surface area contributed by atoms with E-state index in [0.29, 0.717) is 57.5 Å². The molecule has 3 fully saturated rings. The fourth-order valence-corrected chi connectivity index (χ4v) is 5.45. The number of benzene rings is 1. The van der Waals surface area contributed by atoms with E-state index in [4.69, 9.17) is 9.84 Å². The first kappa shape index (κ1) is 23.9. The highest BCUT2D eigenvalue weighted by Crippen LogP contribution is 2.42. The molecule has 0 radical (unpaired) electrons. The Labute approximate surface area is 215 Å². The van der Waals surface area contributed by atoms with Crippen molar-refractivity contribution in [3.05, 3.63) is 47.8 Å². The third-order valence-electron chi connectivity index (χ3n) is 7.79. The van der Waals surface area contributed by atoms with Crippen LogP contribution >= 0.6 is 0 Å². The summed E-state index contributed by atoms with van der Waals surface area (Å²) in [5, 5.41) is 15.9. The van der Waals surface area contributed by atoms with Gasteiger partial charge in [-0.15, -0.1) is 0 Å². The molecule has 0 unspecified atom stereocenters. The molecule has 0 atom stereocenters. The Bertz CT molecular complexity index is 1290. The van der Waals surface area contributed by atoms with Gasteiger partial charge in [-0.2, -0.15) is 5.10 Å². The van der Waals surface area contributed by atoms with Crippen LogP contribution in [0.25, 0.3) is 16.7 Å². The van der Waals surface area contributed by atoms with Gasteiger partial charge in [0.1, 0.15) is 0 Å². The average Bonchev–Trinajstić information content (AvgIpc) is 3.27. The molecule has 2 saturated heterocycles. The predicted molar refractivity (Wildman–Crippen MR) is 138 cm³/mol. The van der Waals surface area contributed by atoms with Crippen molar-refractivity contribution < 1.29 is 19.4 Å². The minimum absolute atomic E-state index is 0.0182. The summed E-state index contributed by atoms with van der Waals surface area (Å²) in [7, 11) is 0. The van der Waals surface area contributed by atoms with Gasteiger partial charge in [0.05, 0.1) is 42.2 Å². The number of para-hydroxylation sites is 1. The molecule has 1 aromatic carbocycles. The molecule has 2 aromatic heterocycles. The smallest absolute Gasteiger partial charge is 0.354 e. The number of rotatable bonds is 6. The van der Waals surface area contributed by atoms with Gasteiger partial charge in [-0.25, -0.2) is 14.5 Å². The first-order valence-electron chi connectivity index (χ1n) is 13.1. The number of morpholine rings is 1. The molecule has 194 valence electrons. The van der Waals surface area contributed by atoms with Gasteiger partial charge >= 0.3 is 5.97 Å². The van der Waals surface area contributed by atoms with Crippen LogP contribution in [0.2, 0.25) is 0 Å². The standard InChI is InChI=1S/C27H32N6O4/c34-23(32-13-15-37-16-14-32)18-30-9-11-31(12-10-30)22-17-21(27(35)36)28-26-24(22)25(19-5-4-6-19)29-33(26)20-7-2-1-3-8-20/h1-3,7-8,17,19H,4-6,9-16,18H2,(H,35,36). The third kappa shape index (κ3) is 4.67. The normalized spacial score (nSPS) is 19.2. The number of carboxylic acids is 1. The molecule has 37 heavy (non-hydrogen) atoms. The molecule has 0 spiro atoms. The van der Waals surface area contributed by atoms with E-state index < -0.39 is 5.97 Å². The lowest BCUT2D eigenvalue weighted by Gasteiger charge is -2.37. The number of carbonyl (C=O) groups is 2. The van der Waals surface area contributed by atoms with E-state index in [1.54, 1.807) is 10.7 Å². The van der Waals surface area contributed by atoms with Crippen LogP contribution in [0.5, 0.6) is 0 Å². The van der Waals surface area contributed by atoms with Gasteiger partial charge in [-0.1, -0.05) is 24.6 Å². The van der Waals surface area contributed by atoms with Crippen molar-refractivity contribution in [2.75, 3.05) is 63.9 Å². The number of carbonyl (C=O) groups excluding carboxylic acids is 1. The number of fused-ring (bicyclic) bond motifs is 1. The van der Waals surface area contributed by atoms with Crippen molar-refractivity contribution in [1.82, 2.24) is 24.6 Å². The predicted octanol–water partition coefficient (Wildman–Crippen LogP) is 2.37. The molecule has 3 aromatic rings. The summed E-state index contributed by atoms with van der Waals surface area (Å²) < 4.78 is 7.17. The van der Waals surface area contributed by atoms with Crippen LogP contribution in [0.3, 0.4) is 0 Å². The summed E-state index contributed by atoms with van der Waals surface area (Å²) in [6.45, 7) is 5.78. The Kier molecular flexibility index (Phi) is 6.52. The quantitative estimate of drug-likeness (QED) is 0.546. The number of anilines is 1. The molecule has 10 nitrogen and oxygen atoms in total. The molecule has 3 aliphatic rings. The fourth-order valence-electron chi connectivity index (χ4n) is 5.45. The first-order valence-corrected chi connectivity index (χ1v) is 13.1. The topological polar surface area (TPSA) is 104 Å². The van der Waals surface area contributed by atoms with Crippen molar-refractivity contribution in [2.24, 2.45) is 0 Å². The molecular formula is C27H32N6O4. The van der Waals surface area contributed by atoms with Gasteiger partial charge in [0, 0.05) is 45.2 Å². The second-order valence-electron chi connectivity index (χ2n) is 10.0. The Morgan fingerprint density at radius 1 is 1.00 bits per heavy atom. The summed E-state index contributed by atoms with van der Waals surface area (Å²) in [5.74, 6) is -0.548. The molecule has 1 amide bonds. The second kappa shape index (κ2) is 10.1.